The lowest BCUT2D eigenvalue weighted by Gasteiger charge is -2.26. The van der Waals surface area contributed by atoms with Gasteiger partial charge in [-0.15, -0.1) is 0 Å². The first-order valence-electron chi connectivity index (χ1n) is 9.12. The largest absolute Gasteiger partial charge is 0.411 e. The standard InChI is InChI=1S/C21H25NO4S/c1-27(24,25)19-9-7-17(8-10-19)20(16-5-3-2-4-6-16)15-21(22-23)18-11-13-26-14-12-18/h2-10,18,20,23H,11-15H2,1H3/b22-21+. The summed E-state index contributed by atoms with van der Waals surface area (Å²) in [6.07, 6.45) is 3.50. The van der Waals surface area contributed by atoms with Crippen LogP contribution < -0.4 is 0 Å². The zero-order valence-corrected chi connectivity index (χ0v) is 16.2. The lowest BCUT2D eigenvalue weighted by molar-refractivity contribution is 0.0814. The highest BCUT2D eigenvalue weighted by atomic mass is 32.2. The van der Waals surface area contributed by atoms with Crippen LogP contribution in [0.5, 0.6) is 0 Å². The molecule has 1 aliphatic heterocycles. The van der Waals surface area contributed by atoms with E-state index in [1.807, 2.05) is 42.5 Å². The molecule has 0 amide bonds. The van der Waals surface area contributed by atoms with Crippen LogP contribution in [0.3, 0.4) is 0 Å². The van der Waals surface area contributed by atoms with Gasteiger partial charge in [-0.05, 0) is 36.1 Å². The van der Waals surface area contributed by atoms with Crippen molar-refractivity contribution >= 4 is 15.5 Å². The Morgan fingerprint density at radius 1 is 1.07 bits per heavy atom. The Kier molecular flexibility index (Phi) is 6.29. The minimum absolute atomic E-state index is 0.00597. The highest BCUT2D eigenvalue weighted by Gasteiger charge is 2.25. The van der Waals surface area contributed by atoms with E-state index in [0.29, 0.717) is 24.5 Å². The molecule has 1 N–H and O–H groups in total. The predicted molar refractivity (Wildman–Crippen MR) is 105 cm³/mol. The average Bonchev–Trinajstić information content (AvgIpc) is 2.70. The highest BCUT2D eigenvalue weighted by Crippen LogP contribution is 2.32. The molecule has 1 atom stereocenters. The predicted octanol–water partition coefficient (Wildman–Crippen LogP) is 3.87. The first-order valence-corrected chi connectivity index (χ1v) is 11.0. The number of benzene rings is 2. The second-order valence-corrected chi connectivity index (χ2v) is 9.00. The van der Waals surface area contributed by atoms with Crippen molar-refractivity contribution in [3.05, 3.63) is 65.7 Å². The van der Waals surface area contributed by atoms with Crippen LogP contribution in [-0.4, -0.2) is 38.8 Å². The van der Waals surface area contributed by atoms with Crippen molar-refractivity contribution < 1.29 is 18.4 Å². The number of sulfone groups is 1. The third-order valence-electron chi connectivity index (χ3n) is 5.15. The van der Waals surface area contributed by atoms with Gasteiger partial charge in [-0.1, -0.05) is 47.6 Å². The summed E-state index contributed by atoms with van der Waals surface area (Å²) < 4.78 is 28.9. The van der Waals surface area contributed by atoms with E-state index >= 15 is 0 Å². The van der Waals surface area contributed by atoms with Crippen molar-refractivity contribution in [1.82, 2.24) is 0 Å². The zero-order chi connectivity index (χ0) is 19.3. The maximum atomic E-state index is 11.8. The third kappa shape index (κ3) is 4.96. The molecule has 0 radical (unpaired) electrons. The lowest BCUT2D eigenvalue weighted by atomic mass is 9.82. The van der Waals surface area contributed by atoms with Gasteiger partial charge in [0.15, 0.2) is 9.84 Å². The third-order valence-corrected chi connectivity index (χ3v) is 6.28. The van der Waals surface area contributed by atoms with Gasteiger partial charge in [-0.25, -0.2) is 8.42 Å². The maximum Gasteiger partial charge on any atom is 0.175 e. The van der Waals surface area contributed by atoms with E-state index in [2.05, 4.69) is 5.16 Å². The Balaban J connectivity index is 1.92. The fourth-order valence-corrected chi connectivity index (χ4v) is 4.22. The molecule has 2 aromatic rings. The second kappa shape index (κ2) is 8.67. The van der Waals surface area contributed by atoms with E-state index in [-0.39, 0.29) is 11.8 Å². The van der Waals surface area contributed by atoms with Crippen LogP contribution in [0.4, 0.5) is 0 Å². The summed E-state index contributed by atoms with van der Waals surface area (Å²) in [4.78, 5) is 0.304. The van der Waals surface area contributed by atoms with Crippen molar-refractivity contribution in [2.24, 2.45) is 11.1 Å². The summed E-state index contributed by atoms with van der Waals surface area (Å²) in [5.74, 6) is 0.207. The molecular formula is C21H25NO4S. The number of rotatable bonds is 6. The van der Waals surface area contributed by atoms with Gasteiger partial charge in [0.2, 0.25) is 0 Å². The van der Waals surface area contributed by atoms with Crippen LogP contribution in [0.1, 0.15) is 36.3 Å². The van der Waals surface area contributed by atoms with Crippen LogP contribution in [0.2, 0.25) is 0 Å². The Bertz CT molecular complexity index is 870. The summed E-state index contributed by atoms with van der Waals surface area (Å²) in [5.41, 5.74) is 2.89. The van der Waals surface area contributed by atoms with Crippen LogP contribution in [0, 0.1) is 5.92 Å². The molecule has 0 aliphatic carbocycles. The topological polar surface area (TPSA) is 76.0 Å². The molecule has 0 saturated carbocycles. The first-order chi connectivity index (χ1) is 13.0. The maximum absolute atomic E-state index is 11.8. The number of oxime groups is 1. The molecule has 1 heterocycles. The normalized spacial score (nSPS) is 17.6. The fourth-order valence-electron chi connectivity index (χ4n) is 3.59. The quantitative estimate of drug-likeness (QED) is 0.464. The van der Waals surface area contributed by atoms with Crippen LogP contribution in [0.15, 0.2) is 64.6 Å². The fraction of sp³-hybridized carbons (Fsp3) is 0.381. The molecule has 2 aromatic carbocycles. The minimum atomic E-state index is -3.23. The monoisotopic (exact) mass is 387 g/mol. The molecule has 144 valence electrons. The van der Waals surface area contributed by atoms with Gasteiger partial charge in [-0.3, -0.25) is 0 Å². The Labute approximate surface area is 160 Å². The SMILES string of the molecule is CS(=O)(=O)c1ccc(C(C/C(=N\O)C2CCOCC2)c2ccccc2)cc1. The summed E-state index contributed by atoms with van der Waals surface area (Å²) in [6, 6.07) is 17.0. The number of ether oxygens (including phenoxy) is 1. The minimum Gasteiger partial charge on any atom is -0.411 e. The molecule has 1 saturated heterocycles. The van der Waals surface area contributed by atoms with Crippen molar-refractivity contribution in [1.29, 1.82) is 0 Å². The first kappa shape index (κ1) is 19.6. The van der Waals surface area contributed by atoms with Gasteiger partial charge in [0, 0.05) is 37.7 Å². The Morgan fingerprint density at radius 3 is 2.22 bits per heavy atom. The number of nitrogens with zero attached hydrogens (tertiary/aromatic N) is 1. The Hall–Kier alpha value is -2.18. The van der Waals surface area contributed by atoms with E-state index in [1.165, 1.54) is 6.26 Å². The van der Waals surface area contributed by atoms with Gasteiger partial charge < -0.3 is 9.94 Å². The summed E-state index contributed by atoms with van der Waals surface area (Å²) in [6.45, 7) is 1.37. The molecule has 1 fully saturated rings. The molecule has 0 bridgehead atoms. The molecule has 3 rings (SSSR count). The van der Waals surface area contributed by atoms with Crippen molar-refractivity contribution in [2.75, 3.05) is 19.5 Å². The molecule has 0 aromatic heterocycles. The van der Waals surface area contributed by atoms with E-state index in [1.54, 1.807) is 12.1 Å². The zero-order valence-electron chi connectivity index (χ0n) is 15.4. The molecular weight excluding hydrogens is 362 g/mol. The smallest absolute Gasteiger partial charge is 0.175 e. The van der Waals surface area contributed by atoms with Gasteiger partial charge in [0.25, 0.3) is 0 Å². The van der Waals surface area contributed by atoms with Crippen molar-refractivity contribution in [3.8, 4) is 0 Å². The summed E-state index contributed by atoms with van der Waals surface area (Å²) >= 11 is 0. The molecule has 0 spiro atoms. The van der Waals surface area contributed by atoms with Crippen molar-refractivity contribution in [2.45, 2.75) is 30.1 Å². The number of hydrogen-bond acceptors (Lipinski definition) is 5. The molecule has 5 nitrogen and oxygen atoms in total. The lowest BCUT2D eigenvalue weighted by Crippen LogP contribution is -2.25. The van der Waals surface area contributed by atoms with E-state index in [4.69, 9.17) is 4.74 Å². The second-order valence-electron chi connectivity index (χ2n) is 6.99. The molecule has 27 heavy (non-hydrogen) atoms. The van der Waals surface area contributed by atoms with Gasteiger partial charge in [0.1, 0.15) is 0 Å². The molecule has 6 heteroatoms. The van der Waals surface area contributed by atoms with E-state index in [0.717, 1.165) is 29.7 Å². The van der Waals surface area contributed by atoms with Gasteiger partial charge in [-0.2, -0.15) is 0 Å². The van der Waals surface area contributed by atoms with Crippen LogP contribution in [-0.2, 0) is 14.6 Å². The molecule has 1 aliphatic rings. The van der Waals surface area contributed by atoms with Gasteiger partial charge in [0.05, 0.1) is 10.6 Å². The summed E-state index contributed by atoms with van der Waals surface area (Å²) in [7, 11) is -3.23. The van der Waals surface area contributed by atoms with Crippen LogP contribution >= 0.6 is 0 Å². The molecule has 1 unspecified atom stereocenters. The van der Waals surface area contributed by atoms with E-state index < -0.39 is 9.84 Å². The summed E-state index contributed by atoms with van der Waals surface area (Å²) in [5, 5.41) is 13.3. The van der Waals surface area contributed by atoms with Gasteiger partial charge >= 0.3 is 0 Å². The highest BCUT2D eigenvalue weighted by molar-refractivity contribution is 7.90. The van der Waals surface area contributed by atoms with Crippen LogP contribution in [0.25, 0.3) is 0 Å². The van der Waals surface area contributed by atoms with Crippen molar-refractivity contribution in [3.63, 3.8) is 0 Å². The number of hydrogen-bond donors (Lipinski definition) is 1. The average molecular weight is 388 g/mol. The van der Waals surface area contributed by atoms with E-state index in [9.17, 15) is 13.6 Å². The Morgan fingerprint density at radius 2 is 1.67 bits per heavy atom.